The van der Waals surface area contributed by atoms with Gasteiger partial charge in [-0.25, -0.2) is 0 Å². The second-order valence-corrected chi connectivity index (χ2v) is 26.3. The van der Waals surface area contributed by atoms with Crippen molar-refractivity contribution in [2.75, 3.05) is 5.32 Å². The molecular weight excluding hydrogens is 868 g/mol. The monoisotopic (exact) mass is 934 g/mol. The molecule has 1 N–H and O–H groups in total. The van der Waals surface area contributed by atoms with Gasteiger partial charge in [0, 0.05) is 55.2 Å². The second kappa shape index (κ2) is 13.9. The molecule has 9 aromatic rings. The first kappa shape index (κ1) is 44.2. The fourth-order valence-electron chi connectivity index (χ4n) is 14.5. The van der Waals surface area contributed by atoms with Crippen molar-refractivity contribution in [3.63, 3.8) is 0 Å². The summed E-state index contributed by atoms with van der Waals surface area (Å²) >= 11 is 0. The van der Waals surface area contributed by atoms with Crippen molar-refractivity contribution >= 4 is 51.4 Å². The van der Waals surface area contributed by atoms with Crippen LogP contribution in [0, 0.1) is 0 Å². The third-order valence-corrected chi connectivity index (χ3v) is 19.0. The Kier molecular flexibility index (Phi) is 8.54. The Morgan fingerprint density at radius 2 is 0.986 bits per heavy atom. The van der Waals surface area contributed by atoms with Gasteiger partial charge in [-0.1, -0.05) is 180 Å². The number of nitrogens with one attached hydrogen (secondary N) is 1. The predicted molar refractivity (Wildman–Crippen MR) is 308 cm³/mol. The first-order chi connectivity index (χ1) is 34.1. The van der Waals surface area contributed by atoms with Gasteiger partial charge in [-0.3, -0.25) is 0 Å². The fraction of sp³-hybridized carbons (Fsp3) is 0.304. The largest absolute Gasteiger partial charge is 0.355 e. The topological polar surface area (TPSA) is 17.0 Å². The van der Waals surface area contributed by atoms with Crippen LogP contribution in [-0.4, -0.2) is 11.8 Å². The maximum atomic E-state index is 4.09. The Morgan fingerprint density at radius 1 is 0.444 bits per heavy atom. The summed E-state index contributed by atoms with van der Waals surface area (Å²) in [5.74, 6) is 0. The van der Waals surface area contributed by atoms with Crippen LogP contribution >= 0.6 is 0 Å². The van der Waals surface area contributed by atoms with Crippen LogP contribution in [-0.2, 0) is 32.5 Å². The molecule has 0 fully saturated rings. The maximum Gasteiger partial charge on any atom is 0.197 e. The number of anilines is 2. The smallest absolute Gasteiger partial charge is 0.197 e. The van der Waals surface area contributed by atoms with Crippen LogP contribution in [0.3, 0.4) is 0 Å². The number of hydrogen-bond donors (Lipinski definition) is 1. The molecule has 0 spiro atoms. The molecule has 14 rings (SSSR count). The first-order valence-electron chi connectivity index (χ1n) is 26.7. The van der Waals surface area contributed by atoms with Crippen LogP contribution in [0.15, 0.2) is 133 Å². The molecule has 3 heteroatoms. The van der Waals surface area contributed by atoms with E-state index in [9.17, 15) is 0 Å². The molecule has 1 aromatic heterocycles. The SMILES string of the molecule is CC(C)(C)c1ccc(Nc2cc3c(cc2-c2ccc4c5cc6c(cc5n5c4c2[B]c2cc4c(cc2-5)-c2ccccc2C4(C)C)C(C)(C)c2ccccc2-6)-c2cc4c(cc2C3(C)C)C(C)(C)CCC4(C)C)cc1. The lowest BCUT2D eigenvalue weighted by Crippen LogP contribution is -2.38. The van der Waals surface area contributed by atoms with Crippen molar-refractivity contribution < 1.29 is 0 Å². The van der Waals surface area contributed by atoms with Gasteiger partial charge >= 0.3 is 0 Å². The first-order valence-corrected chi connectivity index (χ1v) is 26.7. The molecule has 0 bridgehead atoms. The van der Waals surface area contributed by atoms with Gasteiger partial charge in [0.2, 0.25) is 0 Å². The van der Waals surface area contributed by atoms with E-state index in [0.29, 0.717) is 0 Å². The van der Waals surface area contributed by atoms with Crippen molar-refractivity contribution in [3.8, 4) is 50.2 Å². The van der Waals surface area contributed by atoms with Crippen LogP contribution in [0.2, 0.25) is 0 Å². The predicted octanol–water partition coefficient (Wildman–Crippen LogP) is 16.7. The Hall–Kier alpha value is -6.58. The third-order valence-electron chi connectivity index (χ3n) is 19.0. The molecular formula is C69H66BN2. The average molecular weight is 934 g/mol. The quantitative estimate of drug-likeness (QED) is 0.175. The minimum Gasteiger partial charge on any atom is -0.355 e. The molecule has 0 atom stereocenters. The minimum atomic E-state index is -0.185. The van der Waals surface area contributed by atoms with E-state index in [0.717, 1.165) is 11.4 Å². The lowest BCUT2D eigenvalue weighted by atomic mass is 9.58. The molecule has 0 unspecified atom stereocenters. The van der Waals surface area contributed by atoms with Crippen LogP contribution in [0.1, 0.15) is 153 Å². The number of hydrogen-bond acceptors (Lipinski definition) is 1. The number of benzene rings is 8. The van der Waals surface area contributed by atoms with E-state index in [1.54, 1.807) is 0 Å². The number of rotatable bonds is 3. The lowest BCUT2D eigenvalue weighted by Gasteiger charge is -2.42. The molecule has 0 saturated carbocycles. The summed E-state index contributed by atoms with van der Waals surface area (Å²) in [7, 11) is 2.55. The molecule has 5 aliphatic rings. The maximum absolute atomic E-state index is 4.09. The molecule has 2 heterocycles. The van der Waals surface area contributed by atoms with E-state index in [2.05, 4.69) is 241 Å². The zero-order chi connectivity index (χ0) is 50.0. The van der Waals surface area contributed by atoms with E-state index >= 15 is 0 Å². The summed E-state index contributed by atoms with van der Waals surface area (Å²) in [4.78, 5) is 0. The number of fused-ring (bicyclic) bond motifs is 15. The Morgan fingerprint density at radius 3 is 1.64 bits per heavy atom. The van der Waals surface area contributed by atoms with Crippen molar-refractivity contribution in [3.05, 3.63) is 184 Å². The van der Waals surface area contributed by atoms with Crippen LogP contribution in [0.5, 0.6) is 0 Å². The summed E-state index contributed by atoms with van der Waals surface area (Å²) in [6, 6.07) is 52.7. The highest BCUT2D eigenvalue weighted by molar-refractivity contribution is 6.73. The summed E-state index contributed by atoms with van der Waals surface area (Å²) in [5.41, 5.74) is 32.0. The molecule has 72 heavy (non-hydrogen) atoms. The zero-order valence-corrected chi connectivity index (χ0v) is 44.6. The van der Waals surface area contributed by atoms with E-state index in [-0.39, 0.29) is 32.5 Å². The van der Waals surface area contributed by atoms with Crippen LogP contribution < -0.4 is 16.2 Å². The van der Waals surface area contributed by atoms with E-state index in [4.69, 9.17) is 0 Å². The highest BCUT2D eigenvalue weighted by Crippen LogP contribution is 2.57. The van der Waals surface area contributed by atoms with Gasteiger partial charge in [-0.15, -0.1) is 0 Å². The number of nitrogens with zero attached hydrogens (tertiary/aromatic N) is 1. The zero-order valence-electron chi connectivity index (χ0n) is 44.6. The summed E-state index contributed by atoms with van der Waals surface area (Å²) < 4.78 is 2.66. The van der Waals surface area contributed by atoms with Gasteiger partial charge in [0.05, 0.1) is 5.52 Å². The van der Waals surface area contributed by atoms with Crippen molar-refractivity contribution in [2.45, 2.75) is 135 Å². The molecule has 355 valence electrons. The van der Waals surface area contributed by atoms with Gasteiger partial charge < -0.3 is 9.88 Å². The normalized spacial score (nSPS) is 18.1. The van der Waals surface area contributed by atoms with Gasteiger partial charge in [0.15, 0.2) is 7.28 Å². The lowest BCUT2D eigenvalue weighted by molar-refractivity contribution is 0.331. The van der Waals surface area contributed by atoms with Gasteiger partial charge in [0.1, 0.15) is 0 Å². The Labute approximate surface area is 428 Å². The van der Waals surface area contributed by atoms with E-state index < -0.39 is 0 Å². The highest BCUT2D eigenvalue weighted by atomic mass is 15.0. The van der Waals surface area contributed by atoms with Crippen molar-refractivity contribution in [1.82, 2.24) is 4.57 Å². The summed E-state index contributed by atoms with van der Waals surface area (Å²) in [6.45, 7) is 31.3. The van der Waals surface area contributed by atoms with Gasteiger partial charge in [0.25, 0.3) is 0 Å². The Bertz CT molecular complexity index is 3910. The molecule has 8 aromatic carbocycles. The van der Waals surface area contributed by atoms with E-state index in [1.165, 1.54) is 146 Å². The molecule has 1 radical (unpaired) electrons. The molecule has 1 aliphatic heterocycles. The molecule has 0 amide bonds. The van der Waals surface area contributed by atoms with Crippen LogP contribution in [0.25, 0.3) is 72.0 Å². The van der Waals surface area contributed by atoms with Crippen molar-refractivity contribution in [1.29, 1.82) is 0 Å². The molecule has 2 nitrogen and oxygen atoms in total. The third kappa shape index (κ3) is 5.74. The Balaban J connectivity index is 1.06. The highest BCUT2D eigenvalue weighted by Gasteiger charge is 2.44. The standard InChI is InChI=1S/C69H66BN2/c1-64(2,3)38-22-24-39(25-23-38)71-59-36-54-45(46-32-56-57(34-52(46)69(54,12)13)66(6,7)29-28-65(56,4)5)30-48(59)42-26-27-43-49-31-44-40-18-14-16-20-50(40)68(10,11)55(44)37-60(49)72-61-33-47-41-19-15-17-21-51(41)67(8,9)53(47)35-58(61)70-62(42)63(43)72/h14-27,30-37,71H,28-29H2,1-13H3. The van der Waals surface area contributed by atoms with Gasteiger partial charge in [-0.2, -0.15) is 0 Å². The summed E-state index contributed by atoms with van der Waals surface area (Å²) in [5, 5.41) is 6.69. The molecule has 4 aliphatic carbocycles. The minimum absolute atomic E-state index is 0.0649. The number of aromatic nitrogens is 1. The van der Waals surface area contributed by atoms with Crippen molar-refractivity contribution in [2.24, 2.45) is 0 Å². The van der Waals surface area contributed by atoms with Gasteiger partial charge in [-0.05, 0) is 172 Å². The van der Waals surface area contributed by atoms with Crippen LogP contribution in [0.4, 0.5) is 11.4 Å². The van der Waals surface area contributed by atoms with E-state index in [1.807, 2.05) is 0 Å². The second-order valence-electron chi connectivity index (χ2n) is 26.3. The summed E-state index contributed by atoms with van der Waals surface area (Å²) in [6.07, 6.45) is 2.40. The fourth-order valence-corrected chi connectivity index (χ4v) is 14.5. The molecule has 0 saturated heterocycles. The average Bonchev–Trinajstić information content (AvgIpc) is 3.95.